The second-order valence-electron chi connectivity index (χ2n) is 4.80. The monoisotopic (exact) mass is 310 g/mol. The van der Waals surface area contributed by atoms with E-state index in [0.29, 0.717) is 10.6 Å². The lowest BCUT2D eigenvalue weighted by molar-refractivity contribution is -0.117. The standard InChI is InChI=1S/C18H15ClN2O/c1-13(14-7-3-2-4-8-14)21-18(22)16(12-20)11-15-9-5-6-10-17(15)19/h2-11,13H,1H3,(H,21,22)/b16-11-. The molecule has 22 heavy (non-hydrogen) atoms. The highest BCUT2D eigenvalue weighted by atomic mass is 35.5. The molecule has 0 aliphatic carbocycles. The van der Waals surface area contributed by atoms with Crippen LogP contribution in [0.5, 0.6) is 0 Å². The molecule has 2 aromatic rings. The number of carbonyl (C=O) groups is 1. The summed E-state index contributed by atoms with van der Waals surface area (Å²) in [5.41, 5.74) is 1.64. The van der Waals surface area contributed by atoms with Gasteiger partial charge in [-0.1, -0.05) is 60.1 Å². The van der Waals surface area contributed by atoms with Gasteiger partial charge in [0.05, 0.1) is 6.04 Å². The number of amides is 1. The van der Waals surface area contributed by atoms with Crippen LogP contribution in [0.3, 0.4) is 0 Å². The molecule has 1 unspecified atom stereocenters. The van der Waals surface area contributed by atoms with Crippen molar-refractivity contribution in [2.24, 2.45) is 0 Å². The van der Waals surface area contributed by atoms with E-state index in [1.165, 1.54) is 6.08 Å². The van der Waals surface area contributed by atoms with Crippen molar-refractivity contribution in [3.8, 4) is 6.07 Å². The van der Waals surface area contributed by atoms with Crippen LogP contribution in [0.4, 0.5) is 0 Å². The van der Waals surface area contributed by atoms with Gasteiger partial charge in [-0.25, -0.2) is 0 Å². The fourth-order valence-electron chi connectivity index (χ4n) is 2.00. The van der Waals surface area contributed by atoms with Crippen molar-refractivity contribution in [1.82, 2.24) is 5.32 Å². The first-order valence-electron chi connectivity index (χ1n) is 6.84. The van der Waals surface area contributed by atoms with Crippen molar-refractivity contribution < 1.29 is 4.79 Å². The molecule has 0 fully saturated rings. The molecule has 1 atom stereocenters. The largest absolute Gasteiger partial charge is 0.345 e. The SMILES string of the molecule is CC(NC(=O)/C(C#N)=C\c1ccccc1Cl)c1ccccc1. The normalized spacial score (nSPS) is 12.3. The van der Waals surface area contributed by atoms with E-state index < -0.39 is 5.91 Å². The Morgan fingerprint density at radius 2 is 1.82 bits per heavy atom. The molecule has 0 saturated heterocycles. The van der Waals surface area contributed by atoms with Crippen molar-refractivity contribution >= 4 is 23.6 Å². The number of carbonyl (C=O) groups excluding carboxylic acids is 1. The Kier molecular flexibility index (Phi) is 5.35. The van der Waals surface area contributed by atoms with E-state index in [2.05, 4.69) is 5.32 Å². The average Bonchev–Trinajstić information content (AvgIpc) is 2.54. The molecular weight excluding hydrogens is 296 g/mol. The van der Waals surface area contributed by atoms with E-state index in [9.17, 15) is 10.1 Å². The average molecular weight is 311 g/mol. The van der Waals surface area contributed by atoms with Crippen LogP contribution in [0.2, 0.25) is 5.02 Å². The number of hydrogen-bond acceptors (Lipinski definition) is 2. The Labute approximate surface area is 134 Å². The Morgan fingerprint density at radius 3 is 2.45 bits per heavy atom. The Bertz CT molecular complexity index is 732. The van der Waals surface area contributed by atoms with Gasteiger partial charge in [0.15, 0.2) is 0 Å². The molecule has 0 aliphatic rings. The number of halogens is 1. The van der Waals surface area contributed by atoms with E-state index in [1.807, 2.05) is 43.3 Å². The minimum absolute atomic E-state index is 0.0240. The van der Waals surface area contributed by atoms with Gasteiger partial charge < -0.3 is 5.32 Å². The van der Waals surface area contributed by atoms with Gasteiger partial charge in [-0.05, 0) is 30.2 Å². The first-order chi connectivity index (χ1) is 10.6. The number of nitrogens with one attached hydrogen (secondary N) is 1. The first-order valence-corrected chi connectivity index (χ1v) is 7.21. The third kappa shape index (κ3) is 3.97. The summed E-state index contributed by atoms with van der Waals surface area (Å²) < 4.78 is 0. The number of hydrogen-bond donors (Lipinski definition) is 1. The highest BCUT2D eigenvalue weighted by Gasteiger charge is 2.14. The molecule has 0 saturated carbocycles. The van der Waals surface area contributed by atoms with Crippen LogP contribution >= 0.6 is 11.6 Å². The van der Waals surface area contributed by atoms with Crippen LogP contribution in [0.15, 0.2) is 60.2 Å². The molecule has 0 bridgehead atoms. The first kappa shape index (κ1) is 15.8. The molecule has 1 N–H and O–H groups in total. The minimum Gasteiger partial charge on any atom is -0.345 e. The molecule has 2 aromatic carbocycles. The summed E-state index contributed by atoms with van der Waals surface area (Å²) in [6.07, 6.45) is 1.50. The molecule has 0 spiro atoms. The summed E-state index contributed by atoms with van der Waals surface area (Å²) in [5, 5.41) is 12.5. The molecule has 0 heterocycles. The molecule has 3 nitrogen and oxygen atoms in total. The molecular formula is C18H15ClN2O. The summed E-state index contributed by atoms with van der Waals surface area (Å²) in [6, 6.07) is 18.4. The van der Waals surface area contributed by atoms with E-state index in [0.717, 1.165) is 5.56 Å². The molecule has 2 rings (SSSR count). The van der Waals surface area contributed by atoms with Crippen molar-refractivity contribution in [2.75, 3.05) is 0 Å². The molecule has 110 valence electrons. The Balaban J connectivity index is 2.17. The predicted octanol–water partition coefficient (Wildman–Crippen LogP) is 4.12. The summed E-state index contributed by atoms with van der Waals surface area (Å²) in [7, 11) is 0. The highest BCUT2D eigenvalue weighted by molar-refractivity contribution is 6.32. The maximum absolute atomic E-state index is 12.2. The lowest BCUT2D eigenvalue weighted by Crippen LogP contribution is -2.27. The summed E-state index contributed by atoms with van der Waals surface area (Å²) in [6.45, 7) is 1.87. The third-order valence-corrected chi connectivity index (χ3v) is 3.56. The van der Waals surface area contributed by atoms with Crippen LogP contribution in [-0.2, 0) is 4.79 Å². The lowest BCUT2D eigenvalue weighted by Gasteiger charge is -2.13. The zero-order chi connectivity index (χ0) is 15.9. The quantitative estimate of drug-likeness (QED) is 0.682. The molecule has 0 radical (unpaired) electrons. The third-order valence-electron chi connectivity index (χ3n) is 3.22. The maximum Gasteiger partial charge on any atom is 0.262 e. The second kappa shape index (κ2) is 7.44. The predicted molar refractivity (Wildman–Crippen MR) is 88.0 cm³/mol. The summed E-state index contributed by atoms with van der Waals surface area (Å²) in [5.74, 6) is -0.418. The topological polar surface area (TPSA) is 52.9 Å². The van der Waals surface area contributed by atoms with Crippen molar-refractivity contribution in [3.63, 3.8) is 0 Å². The van der Waals surface area contributed by atoms with E-state index in [4.69, 9.17) is 11.6 Å². The number of benzene rings is 2. The van der Waals surface area contributed by atoms with Crippen molar-refractivity contribution in [3.05, 3.63) is 76.3 Å². The molecule has 4 heteroatoms. The van der Waals surface area contributed by atoms with Gasteiger partial charge in [0.1, 0.15) is 11.6 Å². The van der Waals surface area contributed by atoms with Gasteiger partial charge in [-0.15, -0.1) is 0 Å². The van der Waals surface area contributed by atoms with Gasteiger partial charge in [0.25, 0.3) is 5.91 Å². The molecule has 0 aliphatic heterocycles. The van der Waals surface area contributed by atoms with Crippen LogP contribution in [0, 0.1) is 11.3 Å². The Hall–Kier alpha value is -2.57. The van der Waals surface area contributed by atoms with Crippen molar-refractivity contribution in [1.29, 1.82) is 5.26 Å². The van der Waals surface area contributed by atoms with Gasteiger partial charge in [-0.3, -0.25) is 4.79 Å². The number of nitrogens with zero attached hydrogens (tertiary/aromatic N) is 1. The van der Waals surface area contributed by atoms with Crippen LogP contribution in [0.25, 0.3) is 6.08 Å². The lowest BCUT2D eigenvalue weighted by atomic mass is 10.1. The van der Waals surface area contributed by atoms with Crippen LogP contribution in [0.1, 0.15) is 24.1 Å². The van der Waals surface area contributed by atoms with Crippen LogP contribution in [-0.4, -0.2) is 5.91 Å². The summed E-state index contributed by atoms with van der Waals surface area (Å²) in [4.78, 5) is 12.2. The second-order valence-corrected chi connectivity index (χ2v) is 5.20. The van der Waals surface area contributed by atoms with Gasteiger partial charge in [-0.2, -0.15) is 5.26 Å². The fraction of sp³-hybridized carbons (Fsp3) is 0.111. The van der Waals surface area contributed by atoms with Crippen LogP contribution < -0.4 is 5.32 Å². The zero-order valence-electron chi connectivity index (χ0n) is 12.1. The van der Waals surface area contributed by atoms with Gasteiger partial charge in [0.2, 0.25) is 0 Å². The number of rotatable bonds is 4. The van der Waals surface area contributed by atoms with Gasteiger partial charge in [0, 0.05) is 5.02 Å². The van der Waals surface area contributed by atoms with E-state index in [1.54, 1.807) is 24.3 Å². The zero-order valence-corrected chi connectivity index (χ0v) is 12.8. The number of nitriles is 1. The van der Waals surface area contributed by atoms with Gasteiger partial charge >= 0.3 is 0 Å². The molecule has 1 amide bonds. The maximum atomic E-state index is 12.2. The summed E-state index contributed by atoms with van der Waals surface area (Å²) >= 11 is 6.05. The van der Waals surface area contributed by atoms with Crippen molar-refractivity contribution in [2.45, 2.75) is 13.0 Å². The van der Waals surface area contributed by atoms with E-state index in [-0.39, 0.29) is 11.6 Å². The fourth-order valence-corrected chi connectivity index (χ4v) is 2.19. The highest BCUT2D eigenvalue weighted by Crippen LogP contribution is 2.19. The van der Waals surface area contributed by atoms with E-state index >= 15 is 0 Å². The Morgan fingerprint density at radius 1 is 1.18 bits per heavy atom. The minimum atomic E-state index is -0.418. The smallest absolute Gasteiger partial charge is 0.262 e. The molecule has 0 aromatic heterocycles.